The largest absolute Gasteiger partial charge is 0.397 e. The van der Waals surface area contributed by atoms with Gasteiger partial charge in [-0.05, 0) is 38.5 Å². The molecule has 52 heavy (non-hydrogen) atoms. The summed E-state index contributed by atoms with van der Waals surface area (Å²) in [5.74, 6) is -0.682. The van der Waals surface area contributed by atoms with E-state index in [2.05, 4.69) is 35.5 Å². The van der Waals surface area contributed by atoms with Crippen LogP contribution < -0.4 is 5.32 Å². The van der Waals surface area contributed by atoms with Crippen LogP contribution in [0.1, 0.15) is 162 Å². The summed E-state index contributed by atoms with van der Waals surface area (Å²) in [7, 11) is -5.10. The molecular weight excluding hydrogens is 694 g/mol. The lowest BCUT2D eigenvalue weighted by Crippen LogP contribution is -2.61. The molecule has 1 amide bonds. The van der Waals surface area contributed by atoms with Crippen LogP contribution in [0.3, 0.4) is 0 Å². The summed E-state index contributed by atoms with van der Waals surface area (Å²) in [4.78, 5) is 13.0. The molecule has 0 aromatic rings. The minimum atomic E-state index is -5.10. The van der Waals surface area contributed by atoms with E-state index in [4.69, 9.17) is 14.0 Å². The minimum absolute atomic E-state index is 0.247. The van der Waals surface area contributed by atoms with Crippen molar-refractivity contribution in [1.82, 2.24) is 5.32 Å². The Morgan fingerprint density at radius 2 is 1.23 bits per heavy atom. The van der Waals surface area contributed by atoms with E-state index in [-0.39, 0.29) is 6.42 Å². The fourth-order valence-electron chi connectivity index (χ4n) is 6.40. The van der Waals surface area contributed by atoms with Gasteiger partial charge in [-0.3, -0.25) is 9.35 Å². The van der Waals surface area contributed by atoms with Gasteiger partial charge < -0.3 is 40.3 Å². The Kier molecular flexibility index (Phi) is 28.2. The first-order valence-corrected chi connectivity index (χ1v) is 21.5. The van der Waals surface area contributed by atoms with Crippen molar-refractivity contribution in [2.24, 2.45) is 0 Å². The van der Waals surface area contributed by atoms with E-state index < -0.39 is 78.5 Å². The molecule has 0 aromatic carbocycles. The number of aliphatic hydroxyl groups excluding tert-OH is 5. The molecule has 1 rings (SSSR count). The summed E-state index contributed by atoms with van der Waals surface area (Å²) in [5.41, 5.74) is 0. The lowest BCUT2D eigenvalue weighted by molar-refractivity contribution is -0.298. The highest BCUT2D eigenvalue weighted by atomic mass is 32.3. The number of hydrogen-bond donors (Lipinski definition) is 7. The summed E-state index contributed by atoms with van der Waals surface area (Å²) in [6.07, 6.45) is 17.2. The predicted octanol–water partition coefficient (Wildman–Crippen LogP) is 5.40. The summed E-state index contributed by atoms with van der Waals surface area (Å²) < 4.78 is 47.3. The van der Waals surface area contributed by atoms with Gasteiger partial charge in [0.15, 0.2) is 6.29 Å². The average molecular weight is 768 g/mol. The van der Waals surface area contributed by atoms with Gasteiger partial charge >= 0.3 is 10.4 Å². The first-order chi connectivity index (χ1) is 24.9. The highest BCUT2D eigenvalue weighted by Gasteiger charge is 2.48. The Bertz CT molecular complexity index is 1020. The van der Waals surface area contributed by atoms with Crippen LogP contribution in [0.5, 0.6) is 0 Å². The van der Waals surface area contributed by atoms with Crippen molar-refractivity contribution in [2.75, 3.05) is 13.2 Å². The van der Waals surface area contributed by atoms with Gasteiger partial charge in [0, 0.05) is 0 Å². The number of nitrogens with one attached hydrogen (secondary N) is 1. The second-order valence-electron chi connectivity index (χ2n) is 14.4. The number of carbonyl (C=O) groups is 1. The van der Waals surface area contributed by atoms with E-state index in [0.29, 0.717) is 19.3 Å². The lowest BCUT2D eigenvalue weighted by Gasteiger charge is -2.41. The summed E-state index contributed by atoms with van der Waals surface area (Å²) >= 11 is 0. The predicted molar refractivity (Wildman–Crippen MR) is 201 cm³/mol. The molecule has 7 N–H and O–H groups in total. The van der Waals surface area contributed by atoms with E-state index >= 15 is 0 Å². The summed E-state index contributed by atoms with van der Waals surface area (Å²) in [6, 6.07) is -1.03. The SMILES string of the molecule is CCCCCCCCC/C=C\CCCCCCC(O)C(=O)NC(COC1OC(CO)C(O)C(OS(=O)(=O)O)C1O)C(O)CCCCCCCCCC. The molecule has 0 aliphatic carbocycles. The van der Waals surface area contributed by atoms with Gasteiger partial charge in [-0.1, -0.05) is 135 Å². The molecule has 8 unspecified atom stereocenters. The fraction of sp³-hybridized carbons (Fsp3) is 0.921. The molecular formula is C38H73NO12S. The summed E-state index contributed by atoms with van der Waals surface area (Å²) in [5, 5.41) is 54.9. The van der Waals surface area contributed by atoms with E-state index in [1.54, 1.807) is 0 Å². The molecule has 1 aliphatic rings. The Morgan fingerprint density at radius 3 is 1.73 bits per heavy atom. The quantitative estimate of drug-likeness (QED) is 0.0254. The monoisotopic (exact) mass is 767 g/mol. The smallest absolute Gasteiger partial charge is 0.394 e. The van der Waals surface area contributed by atoms with Crippen LogP contribution in [0.2, 0.25) is 0 Å². The molecule has 8 atom stereocenters. The molecule has 0 bridgehead atoms. The summed E-state index contributed by atoms with van der Waals surface area (Å²) in [6.45, 7) is 3.19. The maximum atomic E-state index is 13.0. The van der Waals surface area contributed by atoms with Crippen LogP contribution in [0.15, 0.2) is 12.2 Å². The number of aliphatic hydroxyl groups is 5. The van der Waals surface area contributed by atoms with Crippen LogP contribution in [-0.2, 0) is 28.9 Å². The fourth-order valence-corrected chi connectivity index (χ4v) is 6.91. The molecule has 1 aliphatic heterocycles. The molecule has 14 heteroatoms. The average Bonchev–Trinajstić information content (AvgIpc) is 3.11. The zero-order chi connectivity index (χ0) is 38.6. The van der Waals surface area contributed by atoms with Crippen molar-refractivity contribution in [2.45, 2.75) is 210 Å². The third-order valence-corrected chi connectivity index (χ3v) is 10.1. The maximum absolute atomic E-state index is 13.0. The van der Waals surface area contributed by atoms with Crippen molar-refractivity contribution in [3.05, 3.63) is 12.2 Å². The molecule has 1 heterocycles. The molecule has 1 fully saturated rings. The van der Waals surface area contributed by atoms with E-state index in [1.165, 1.54) is 64.2 Å². The van der Waals surface area contributed by atoms with Gasteiger partial charge in [0.2, 0.25) is 5.91 Å². The van der Waals surface area contributed by atoms with E-state index in [9.17, 15) is 38.7 Å². The number of allylic oxidation sites excluding steroid dienone is 2. The minimum Gasteiger partial charge on any atom is -0.394 e. The Morgan fingerprint density at radius 1 is 0.750 bits per heavy atom. The molecule has 13 nitrogen and oxygen atoms in total. The third-order valence-electron chi connectivity index (χ3n) is 9.68. The Hall–Kier alpha value is -1.20. The number of rotatable bonds is 33. The second-order valence-corrected chi connectivity index (χ2v) is 15.4. The van der Waals surface area contributed by atoms with Gasteiger partial charge in [0.1, 0.15) is 30.5 Å². The molecule has 0 aromatic heterocycles. The van der Waals surface area contributed by atoms with Crippen molar-refractivity contribution >= 4 is 16.3 Å². The maximum Gasteiger partial charge on any atom is 0.397 e. The Labute approximate surface area is 313 Å². The topological polar surface area (TPSA) is 212 Å². The molecule has 0 saturated carbocycles. The molecule has 0 spiro atoms. The zero-order valence-electron chi connectivity index (χ0n) is 32.0. The lowest BCUT2D eigenvalue weighted by atomic mass is 9.99. The van der Waals surface area contributed by atoms with Gasteiger partial charge in [0.05, 0.1) is 25.4 Å². The number of carbonyl (C=O) groups excluding carboxylic acids is 1. The van der Waals surface area contributed by atoms with Crippen molar-refractivity contribution < 1.29 is 57.0 Å². The first-order valence-electron chi connectivity index (χ1n) is 20.2. The number of amides is 1. The molecule has 1 saturated heterocycles. The van der Waals surface area contributed by atoms with Gasteiger partial charge in [-0.25, -0.2) is 4.18 Å². The number of unbranched alkanes of at least 4 members (excludes halogenated alkanes) is 18. The third kappa shape index (κ3) is 22.9. The van der Waals surface area contributed by atoms with Crippen molar-refractivity contribution in [3.63, 3.8) is 0 Å². The number of hydrogen-bond acceptors (Lipinski definition) is 11. The van der Waals surface area contributed by atoms with Crippen molar-refractivity contribution in [1.29, 1.82) is 0 Å². The zero-order valence-corrected chi connectivity index (χ0v) is 32.8. The van der Waals surface area contributed by atoms with Crippen LogP contribution in [0.25, 0.3) is 0 Å². The normalized spacial score (nSPS) is 22.8. The number of ether oxygens (including phenoxy) is 2. The first kappa shape index (κ1) is 48.8. The van der Waals surface area contributed by atoms with Gasteiger partial charge in [0.25, 0.3) is 0 Å². The second kappa shape index (κ2) is 30.1. The van der Waals surface area contributed by atoms with Gasteiger partial charge in [-0.2, -0.15) is 8.42 Å². The molecule has 308 valence electrons. The van der Waals surface area contributed by atoms with Crippen LogP contribution in [0.4, 0.5) is 0 Å². The van der Waals surface area contributed by atoms with E-state index in [1.807, 2.05) is 0 Å². The van der Waals surface area contributed by atoms with Crippen LogP contribution >= 0.6 is 0 Å². The highest BCUT2D eigenvalue weighted by Crippen LogP contribution is 2.26. The van der Waals surface area contributed by atoms with E-state index in [0.717, 1.165) is 57.8 Å². The van der Waals surface area contributed by atoms with Gasteiger partial charge in [-0.15, -0.1) is 0 Å². The van der Waals surface area contributed by atoms with Crippen LogP contribution in [-0.4, -0.2) is 107 Å². The van der Waals surface area contributed by atoms with Crippen LogP contribution in [0, 0.1) is 0 Å². The standard InChI is InChI=1S/C38H73NO12S/c1-3-5-7-9-11-13-14-15-16-17-18-19-21-23-25-27-32(42)37(45)39-30(31(41)26-24-22-20-12-10-8-6-4-2)29-49-38-35(44)36(51-52(46,47)48)34(43)33(28-40)50-38/h16-17,30-36,38,40-44H,3-15,18-29H2,1-2H3,(H,39,45)(H,46,47,48)/b17-16-. The highest BCUT2D eigenvalue weighted by molar-refractivity contribution is 7.80. The van der Waals surface area contributed by atoms with Crippen molar-refractivity contribution in [3.8, 4) is 0 Å². The molecule has 0 radical (unpaired) electrons. The Balaban J connectivity index is 2.61.